The SMILES string of the molecule is COc1ccc(CNc2nc3ccccc3n2C)c2c(OC)cccc12. The predicted molar refractivity (Wildman–Crippen MR) is 105 cm³/mol. The number of methoxy groups -OCH3 is 2. The molecule has 1 aromatic heterocycles. The Labute approximate surface area is 152 Å². The molecule has 0 radical (unpaired) electrons. The van der Waals surface area contributed by atoms with E-state index in [1.54, 1.807) is 14.2 Å². The van der Waals surface area contributed by atoms with Crippen LogP contribution in [-0.4, -0.2) is 23.8 Å². The van der Waals surface area contributed by atoms with E-state index in [1.807, 2.05) is 43.4 Å². The van der Waals surface area contributed by atoms with Crippen molar-refractivity contribution < 1.29 is 9.47 Å². The fraction of sp³-hybridized carbons (Fsp3) is 0.190. The molecule has 0 aliphatic rings. The summed E-state index contributed by atoms with van der Waals surface area (Å²) in [6.45, 7) is 0.637. The van der Waals surface area contributed by atoms with Crippen LogP contribution in [0.25, 0.3) is 21.8 Å². The number of para-hydroxylation sites is 2. The first kappa shape index (κ1) is 16.3. The molecule has 0 aliphatic carbocycles. The number of rotatable bonds is 5. The number of aromatic nitrogens is 2. The zero-order valence-corrected chi connectivity index (χ0v) is 15.1. The summed E-state index contributed by atoms with van der Waals surface area (Å²) in [4.78, 5) is 4.68. The first-order valence-corrected chi connectivity index (χ1v) is 8.51. The van der Waals surface area contributed by atoms with Crippen LogP contribution in [0.15, 0.2) is 54.6 Å². The summed E-state index contributed by atoms with van der Waals surface area (Å²) in [6.07, 6.45) is 0. The third-order valence-electron chi connectivity index (χ3n) is 4.71. The van der Waals surface area contributed by atoms with Crippen molar-refractivity contribution in [1.29, 1.82) is 0 Å². The van der Waals surface area contributed by atoms with Crippen LogP contribution in [-0.2, 0) is 13.6 Å². The number of fused-ring (bicyclic) bond motifs is 2. The lowest BCUT2D eigenvalue weighted by atomic mass is 10.0. The number of ether oxygens (including phenoxy) is 2. The van der Waals surface area contributed by atoms with Crippen LogP contribution in [0.1, 0.15) is 5.56 Å². The monoisotopic (exact) mass is 347 g/mol. The number of imidazole rings is 1. The smallest absolute Gasteiger partial charge is 0.203 e. The van der Waals surface area contributed by atoms with Crippen molar-refractivity contribution in [2.75, 3.05) is 19.5 Å². The van der Waals surface area contributed by atoms with Gasteiger partial charge >= 0.3 is 0 Å². The Morgan fingerprint density at radius 2 is 1.73 bits per heavy atom. The average molecular weight is 347 g/mol. The van der Waals surface area contributed by atoms with Crippen LogP contribution in [0, 0.1) is 0 Å². The second-order valence-electron chi connectivity index (χ2n) is 6.15. The number of hydrogen-bond acceptors (Lipinski definition) is 4. The summed E-state index contributed by atoms with van der Waals surface area (Å²) in [6, 6.07) is 18.2. The summed E-state index contributed by atoms with van der Waals surface area (Å²) in [7, 11) is 5.40. The Morgan fingerprint density at radius 1 is 0.923 bits per heavy atom. The van der Waals surface area contributed by atoms with E-state index in [4.69, 9.17) is 9.47 Å². The molecular formula is C21H21N3O2. The lowest BCUT2D eigenvalue weighted by Gasteiger charge is -2.14. The molecular weight excluding hydrogens is 326 g/mol. The highest BCUT2D eigenvalue weighted by Crippen LogP contribution is 2.35. The first-order valence-electron chi connectivity index (χ1n) is 8.51. The van der Waals surface area contributed by atoms with Crippen molar-refractivity contribution in [3.05, 3.63) is 60.2 Å². The third kappa shape index (κ3) is 2.62. The molecule has 3 aromatic carbocycles. The molecule has 0 spiro atoms. The molecule has 5 nitrogen and oxygen atoms in total. The molecule has 1 N–H and O–H groups in total. The van der Waals surface area contributed by atoms with E-state index in [2.05, 4.69) is 33.1 Å². The molecule has 0 fully saturated rings. The Bertz CT molecular complexity index is 1090. The van der Waals surface area contributed by atoms with E-state index in [0.717, 1.165) is 44.8 Å². The molecule has 0 atom stereocenters. The molecule has 0 saturated carbocycles. The van der Waals surface area contributed by atoms with Crippen molar-refractivity contribution in [1.82, 2.24) is 9.55 Å². The highest BCUT2D eigenvalue weighted by molar-refractivity contribution is 5.96. The number of aryl methyl sites for hydroxylation is 1. The molecule has 1 heterocycles. The molecule has 132 valence electrons. The minimum absolute atomic E-state index is 0.637. The van der Waals surface area contributed by atoms with Crippen LogP contribution in [0.5, 0.6) is 11.5 Å². The first-order chi connectivity index (χ1) is 12.7. The quantitative estimate of drug-likeness (QED) is 0.583. The van der Waals surface area contributed by atoms with Crippen molar-refractivity contribution in [3.63, 3.8) is 0 Å². The van der Waals surface area contributed by atoms with Crippen molar-refractivity contribution >= 4 is 27.8 Å². The van der Waals surface area contributed by atoms with Gasteiger partial charge in [-0.15, -0.1) is 0 Å². The Kier molecular flexibility index (Phi) is 4.13. The van der Waals surface area contributed by atoms with Crippen LogP contribution in [0.4, 0.5) is 5.95 Å². The normalized spacial score (nSPS) is 11.0. The fourth-order valence-corrected chi connectivity index (χ4v) is 3.39. The van der Waals surface area contributed by atoms with Gasteiger partial charge in [-0.25, -0.2) is 4.98 Å². The molecule has 0 bridgehead atoms. The van der Waals surface area contributed by atoms with Gasteiger partial charge < -0.3 is 19.4 Å². The standard InChI is InChI=1S/C21H21N3O2/c1-24-17-9-5-4-8-16(17)23-21(24)22-13-14-11-12-18(25-2)15-7-6-10-19(26-3)20(14)15/h4-12H,13H2,1-3H3,(H,22,23). The number of nitrogens with zero attached hydrogens (tertiary/aromatic N) is 2. The highest BCUT2D eigenvalue weighted by atomic mass is 16.5. The van der Waals surface area contributed by atoms with Gasteiger partial charge in [-0.2, -0.15) is 0 Å². The molecule has 0 saturated heterocycles. The van der Waals surface area contributed by atoms with Crippen molar-refractivity contribution in [2.45, 2.75) is 6.54 Å². The average Bonchev–Trinajstić information content (AvgIpc) is 3.01. The number of anilines is 1. The van der Waals surface area contributed by atoms with Gasteiger partial charge in [0, 0.05) is 24.4 Å². The van der Waals surface area contributed by atoms with Crippen LogP contribution >= 0.6 is 0 Å². The number of nitrogens with one attached hydrogen (secondary N) is 1. The van der Waals surface area contributed by atoms with E-state index in [9.17, 15) is 0 Å². The summed E-state index contributed by atoms with van der Waals surface area (Å²) in [5.74, 6) is 2.51. The number of hydrogen-bond donors (Lipinski definition) is 1. The maximum absolute atomic E-state index is 5.59. The zero-order chi connectivity index (χ0) is 18.1. The van der Waals surface area contributed by atoms with E-state index in [-0.39, 0.29) is 0 Å². The molecule has 26 heavy (non-hydrogen) atoms. The van der Waals surface area contributed by atoms with Crippen LogP contribution in [0.3, 0.4) is 0 Å². The Morgan fingerprint density at radius 3 is 2.50 bits per heavy atom. The summed E-state index contributed by atoms with van der Waals surface area (Å²) in [5, 5.41) is 5.55. The fourth-order valence-electron chi connectivity index (χ4n) is 3.39. The largest absolute Gasteiger partial charge is 0.496 e. The van der Waals surface area contributed by atoms with Crippen molar-refractivity contribution in [2.24, 2.45) is 7.05 Å². The van der Waals surface area contributed by atoms with Crippen LogP contribution < -0.4 is 14.8 Å². The maximum atomic E-state index is 5.59. The second-order valence-corrected chi connectivity index (χ2v) is 6.15. The molecule has 4 aromatic rings. The van der Waals surface area contributed by atoms with Gasteiger partial charge in [-0.05, 0) is 29.8 Å². The summed E-state index contributed by atoms with van der Waals surface area (Å²) in [5.41, 5.74) is 3.21. The molecule has 5 heteroatoms. The van der Waals surface area contributed by atoms with Gasteiger partial charge in [0.15, 0.2) is 0 Å². The van der Waals surface area contributed by atoms with Gasteiger partial charge in [-0.1, -0.05) is 30.3 Å². The maximum Gasteiger partial charge on any atom is 0.203 e. The molecule has 0 aliphatic heterocycles. The second kappa shape index (κ2) is 6.59. The van der Waals surface area contributed by atoms with Crippen molar-refractivity contribution in [3.8, 4) is 11.5 Å². The molecule has 4 rings (SSSR count). The predicted octanol–water partition coefficient (Wildman–Crippen LogP) is 4.36. The Balaban J connectivity index is 1.74. The lowest BCUT2D eigenvalue weighted by molar-refractivity contribution is 0.415. The Hall–Kier alpha value is -3.21. The van der Waals surface area contributed by atoms with E-state index in [1.165, 1.54) is 0 Å². The molecule has 0 amide bonds. The highest BCUT2D eigenvalue weighted by Gasteiger charge is 2.12. The zero-order valence-electron chi connectivity index (χ0n) is 15.1. The van der Waals surface area contributed by atoms with Crippen LogP contribution in [0.2, 0.25) is 0 Å². The van der Waals surface area contributed by atoms with Gasteiger partial charge in [0.05, 0.1) is 25.3 Å². The van der Waals surface area contributed by atoms with Gasteiger partial charge in [0.25, 0.3) is 0 Å². The lowest BCUT2D eigenvalue weighted by Crippen LogP contribution is -2.06. The van der Waals surface area contributed by atoms with Gasteiger partial charge in [0.2, 0.25) is 5.95 Å². The third-order valence-corrected chi connectivity index (χ3v) is 4.71. The van der Waals surface area contributed by atoms with E-state index < -0.39 is 0 Å². The summed E-state index contributed by atoms with van der Waals surface area (Å²) < 4.78 is 13.2. The minimum Gasteiger partial charge on any atom is -0.496 e. The van der Waals surface area contributed by atoms with Gasteiger partial charge in [0.1, 0.15) is 11.5 Å². The summed E-state index contributed by atoms with van der Waals surface area (Å²) >= 11 is 0. The van der Waals surface area contributed by atoms with E-state index in [0.29, 0.717) is 6.54 Å². The van der Waals surface area contributed by atoms with Gasteiger partial charge in [-0.3, -0.25) is 0 Å². The topological polar surface area (TPSA) is 48.3 Å². The number of benzene rings is 3. The van der Waals surface area contributed by atoms with E-state index >= 15 is 0 Å². The minimum atomic E-state index is 0.637. The molecule has 0 unspecified atom stereocenters.